The normalized spacial score (nSPS) is 15.1. The minimum absolute atomic E-state index is 0.0141. The number of carbonyl (C=O) groups is 1. The standard InChI is InChI=1S/C24H30N6O4S/c1-14-8-9-15(24(2,3)4)12-17(14)34-23-27-16(13-35-23)19(31)28-18-20(32-5)29-22(26-11-7-10-25)30-21(18)33-6/h8-9,12,16H,7,11,13H2,1-6H3,(H,28,31)(H,26,29,30). The number of amides is 1. The fourth-order valence-corrected chi connectivity index (χ4v) is 4.03. The molecule has 0 radical (unpaired) electrons. The maximum atomic E-state index is 13.0. The van der Waals surface area contributed by atoms with Gasteiger partial charge in [0.1, 0.15) is 11.8 Å². The Kier molecular flexibility index (Phi) is 8.40. The number of ether oxygens (including phenoxy) is 3. The van der Waals surface area contributed by atoms with Crippen LogP contribution in [0.5, 0.6) is 17.5 Å². The summed E-state index contributed by atoms with van der Waals surface area (Å²) >= 11 is 1.38. The predicted molar refractivity (Wildman–Crippen MR) is 137 cm³/mol. The number of rotatable bonds is 8. The topological polar surface area (TPSA) is 131 Å². The molecule has 0 fully saturated rings. The van der Waals surface area contributed by atoms with Gasteiger partial charge in [-0.25, -0.2) is 4.99 Å². The highest BCUT2D eigenvalue weighted by molar-refractivity contribution is 8.13. The molecule has 0 spiro atoms. The van der Waals surface area contributed by atoms with E-state index in [1.165, 1.54) is 26.0 Å². The first-order valence-corrected chi connectivity index (χ1v) is 12.1. The van der Waals surface area contributed by atoms with Crippen LogP contribution >= 0.6 is 11.8 Å². The summed E-state index contributed by atoms with van der Waals surface area (Å²) in [6.45, 7) is 8.77. The highest BCUT2D eigenvalue weighted by Gasteiger charge is 2.29. The van der Waals surface area contributed by atoms with Gasteiger partial charge in [-0.2, -0.15) is 15.2 Å². The van der Waals surface area contributed by atoms with E-state index in [-0.39, 0.29) is 41.1 Å². The van der Waals surface area contributed by atoms with Crippen LogP contribution in [0.1, 0.15) is 38.3 Å². The van der Waals surface area contributed by atoms with Gasteiger partial charge in [0.25, 0.3) is 11.1 Å². The second-order valence-electron chi connectivity index (χ2n) is 8.82. The van der Waals surface area contributed by atoms with Crippen molar-refractivity contribution < 1.29 is 19.0 Å². The van der Waals surface area contributed by atoms with Crippen LogP contribution in [-0.2, 0) is 10.2 Å². The van der Waals surface area contributed by atoms with Crippen LogP contribution in [0.25, 0.3) is 0 Å². The molecule has 0 saturated heterocycles. The molecule has 1 atom stereocenters. The van der Waals surface area contributed by atoms with Crippen LogP contribution < -0.4 is 24.8 Å². The number of methoxy groups -OCH3 is 2. The van der Waals surface area contributed by atoms with Gasteiger partial charge in [-0.05, 0) is 29.5 Å². The van der Waals surface area contributed by atoms with E-state index in [1.54, 1.807) is 0 Å². The molecule has 1 amide bonds. The van der Waals surface area contributed by atoms with Crippen molar-refractivity contribution in [3.63, 3.8) is 0 Å². The third kappa shape index (κ3) is 6.54. The molecule has 2 aromatic rings. The Labute approximate surface area is 209 Å². The molecule has 1 aliphatic rings. The number of thioether (sulfide) groups is 1. The molecule has 0 bridgehead atoms. The summed E-state index contributed by atoms with van der Waals surface area (Å²) in [5, 5.41) is 14.8. The number of nitrogens with one attached hydrogen (secondary N) is 2. The van der Waals surface area contributed by atoms with Crippen LogP contribution in [0.15, 0.2) is 23.2 Å². The molecule has 1 aromatic heterocycles. The van der Waals surface area contributed by atoms with Gasteiger partial charge >= 0.3 is 0 Å². The van der Waals surface area contributed by atoms with Crippen molar-refractivity contribution in [1.29, 1.82) is 5.26 Å². The third-order valence-electron chi connectivity index (χ3n) is 5.18. The van der Waals surface area contributed by atoms with Crippen molar-refractivity contribution in [2.24, 2.45) is 4.99 Å². The number of aromatic nitrogens is 2. The molecular weight excluding hydrogens is 468 g/mol. The quantitative estimate of drug-likeness (QED) is 0.520. The van der Waals surface area contributed by atoms with Crippen molar-refractivity contribution >= 4 is 34.5 Å². The lowest BCUT2D eigenvalue weighted by atomic mass is 9.86. The van der Waals surface area contributed by atoms with Gasteiger partial charge in [0, 0.05) is 12.3 Å². The van der Waals surface area contributed by atoms with Crippen LogP contribution in [0.3, 0.4) is 0 Å². The lowest BCUT2D eigenvalue weighted by Gasteiger charge is -2.20. The van der Waals surface area contributed by atoms with Crippen molar-refractivity contribution in [1.82, 2.24) is 9.97 Å². The number of hydrogen-bond donors (Lipinski definition) is 2. The van der Waals surface area contributed by atoms with Gasteiger partial charge in [0.2, 0.25) is 17.7 Å². The zero-order chi connectivity index (χ0) is 25.6. The number of benzene rings is 1. The molecule has 10 nitrogen and oxygen atoms in total. The molecule has 186 valence electrons. The largest absolute Gasteiger partial charge is 0.479 e. The number of aliphatic imine (C=N–C) groups is 1. The molecule has 2 heterocycles. The minimum Gasteiger partial charge on any atom is -0.479 e. The molecule has 1 aliphatic heterocycles. The highest BCUT2D eigenvalue weighted by Crippen LogP contribution is 2.34. The summed E-state index contributed by atoms with van der Waals surface area (Å²) in [5.41, 5.74) is 2.33. The highest BCUT2D eigenvalue weighted by atomic mass is 32.2. The summed E-state index contributed by atoms with van der Waals surface area (Å²) in [4.78, 5) is 26.0. The van der Waals surface area contributed by atoms with Gasteiger partial charge in [-0.1, -0.05) is 44.7 Å². The molecule has 0 saturated carbocycles. The maximum Gasteiger partial charge on any atom is 0.252 e. The first-order chi connectivity index (χ1) is 16.7. The molecule has 3 rings (SSSR count). The van der Waals surface area contributed by atoms with E-state index in [4.69, 9.17) is 19.5 Å². The number of aryl methyl sites for hydroxylation is 1. The van der Waals surface area contributed by atoms with Gasteiger partial charge in [0.15, 0.2) is 5.69 Å². The fraction of sp³-hybridized carbons (Fsp3) is 0.458. The Balaban J connectivity index is 1.75. The van der Waals surface area contributed by atoms with Gasteiger partial charge in [-0.3, -0.25) is 4.79 Å². The Morgan fingerprint density at radius 1 is 1.23 bits per heavy atom. The van der Waals surface area contributed by atoms with E-state index in [0.717, 1.165) is 16.9 Å². The number of nitriles is 1. The Hall–Kier alpha value is -3.52. The second-order valence-corrected chi connectivity index (χ2v) is 9.79. The summed E-state index contributed by atoms with van der Waals surface area (Å²) in [5.74, 6) is 1.28. The Morgan fingerprint density at radius 2 is 1.91 bits per heavy atom. The number of carbonyl (C=O) groups excluding carboxylic acids is 1. The molecule has 2 N–H and O–H groups in total. The molecular formula is C24H30N6O4S. The maximum absolute atomic E-state index is 13.0. The van der Waals surface area contributed by atoms with Crippen LogP contribution in [-0.4, -0.2) is 53.7 Å². The minimum atomic E-state index is -0.663. The van der Waals surface area contributed by atoms with Gasteiger partial charge in [0.05, 0.1) is 26.7 Å². The lowest BCUT2D eigenvalue weighted by Crippen LogP contribution is -2.27. The van der Waals surface area contributed by atoms with Crippen molar-refractivity contribution in [2.45, 2.75) is 45.6 Å². The fourth-order valence-electron chi connectivity index (χ4n) is 3.15. The zero-order valence-electron chi connectivity index (χ0n) is 20.8. The van der Waals surface area contributed by atoms with Crippen LogP contribution in [0.4, 0.5) is 11.6 Å². The molecule has 1 unspecified atom stereocenters. The number of anilines is 2. The van der Waals surface area contributed by atoms with E-state index in [0.29, 0.717) is 17.5 Å². The van der Waals surface area contributed by atoms with Gasteiger partial charge < -0.3 is 24.8 Å². The lowest BCUT2D eigenvalue weighted by molar-refractivity contribution is -0.116. The number of nitrogens with zero attached hydrogens (tertiary/aromatic N) is 4. The first kappa shape index (κ1) is 26.1. The van der Waals surface area contributed by atoms with E-state index < -0.39 is 6.04 Å². The summed E-state index contributed by atoms with van der Waals surface area (Å²) in [7, 11) is 2.86. The summed E-state index contributed by atoms with van der Waals surface area (Å²) in [6.07, 6.45) is 0.286. The van der Waals surface area contributed by atoms with Gasteiger partial charge in [-0.15, -0.1) is 0 Å². The van der Waals surface area contributed by atoms with Crippen LogP contribution in [0.2, 0.25) is 0 Å². The average molecular weight is 499 g/mol. The Bertz CT molecular complexity index is 1130. The average Bonchev–Trinajstić information content (AvgIpc) is 3.29. The Morgan fingerprint density at radius 3 is 2.51 bits per heavy atom. The van der Waals surface area contributed by atoms with Crippen molar-refractivity contribution in [2.75, 3.05) is 37.2 Å². The van der Waals surface area contributed by atoms with E-state index in [9.17, 15) is 4.79 Å². The van der Waals surface area contributed by atoms with Crippen molar-refractivity contribution in [3.8, 4) is 23.6 Å². The van der Waals surface area contributed by atoms with E-state index in [2.05, 4.69) is 52.4 Å². The summed E-state index contributed by atoms with van der Waals surface area (Å²) in [6, 6.07) is 7.51. The predicted octanol–water partition coefficient (Wildman–Crippen LogP) is 3.91. The number of hydrogen-bond acceptors (Lipinski definition) is 10. The van der Waals surface area contributed by atoms with E-state index in [1.807, 2.05) is 25.1 Å². The van der Waals surface area contributed by atoms with Crippen molar-refractivity contribution in [3.05, 3.63) is 29.3 Å². The monoisotopic (exact) mass is 498 g/mol. The molecule has 1 aromatic carbocycles. The zero-order valence-corrected chi connectivity index (χ0v) is 21.6. The third-order valence-corrected chi connectivity index (χ3v) is 6.10. The summed E-state index contributed by atoms with van der Waals surface area (Å²) < 4.78 is 16.7. The first-order valence-electron chi connectivity index (χ1n) is 11.1. The molecule has 0 aliphatic carbocycles. The molecule has 35 heavy (non-hydrogen) atoms. The van der Waals surface area contributed by atoms with E-state index >= 15 is 0 Å². The SMILES string of the molecule is COc1nc(NCCC#N)nc(OC)c1NC(=O)C1CSC(Oc2cc(C(C)(C)C)ccc2C)=N1. The smallest absolute Gasteiger partial charge is 0.252 e. The molecule has 11 heteroatoms. The van der Waals surface area contributed by atoms with Crippen LogP contribution in [0, 0.1) is 18.3 Å². The second kappa shape index (κ2) is 11.3.